The van der Waals surface area contributed by atoms with Crippen LogP contribution in [0.3, 0.4) is 0 Å². The number of hydrogen-bond acceptors (Lipinski definition) is 2. The van der Waals surface area contributed by atoms with Crippen molar-refractivity contribution in [3.05, 3.63) is 24.0 Å². The minimum absolute atomic E-state index is 0.0594. The van der Waals surface area contributed by atoms with E-state index in [4.69, 9.17) is 5.73 Å². The molecule has 3 N–H and O–H groups in total. The van der Waals surface area contributed by atoms with E-state index in [9.17, 15) is 4.79 Å². The molecule has 0 radical (unpaired) electrons. The zero-order valence-electron chi connectivity index (χ0n) is 9.86. The lowest BCUT2D eigenvalue weighted by Crippen LogP contribution is -2.61. The molecule has 0 bridgehead atoms. The van der Waals surface area contributed by atoms with E-state index >= 15 is 0 Å². The van der Waals surface area contributed by atoms with Crippen molar-refractivity contribution in [3.63, 3.8) is 0 Å². The Hall–Kier alpha value is -1.29. The molecular weight excluding hydrogens is 202 g/mol. The van der Waals surface area contributed by atoms with Gasteiger partial charge in [0.05, 0.1) is 11.1 Å². The molecule has 1 fully saturated rings. The third-order valence-corrected chi connectivity index (χ3v) is 3.59. The number of aromatic nitrogens is 1. The highest BCUT2D eigenvalue weighted by molar-refractivity contribution is 5.94. The molecule has 0 spiro atoms. The average Bonchev–Trinajstić information content (AvgIpc) is 2.74. The van der Waals surface area contributed by atoms with Crippen molar-refractivity contribution in [2.75, 3.05) is 6.54 Å². The van der Waals surface area contributed by atoms with Crippen LogP contribution in [0.25, 0.3) is 0 Å². The number of rotatable bonds is 1. The molecule has 1 amide bonds. The second-order valence-corrected chi connectivity index (χ2v) is 4.96. The Morgan fingerprint density at radius 1 is 1.62 bits per heavy atom. The predicted molar refractivity (Wildman–Crippen MR) is 63.1 cm³/mol. The number of nitrogens with two attached hydrogens (primary N) is 1. The fraction of sp³-hybridized carbons (Fsp3) is 0.583. The van der Waals surface area contributed by atoms with Gasteiger partial charge < -0.3 is 15.6 Å². The molecule has 88 valence electrons. The van der Waals surface area contributed by atoms with E-state index in [1.165, 1.54) is 0 Å². The molecule has 1 unspecified atom stereocenters. The van der Waals surface area contributed by atoms with Crippen molar-refractivity contribution in [2.24, 2.45) is 5.73 Å². The molecule has 0 saturated carbocycles. The number of likely N-dealkylation sites (tertiary alicyclic amines) is 1. The summed E-state index contributed by atoms with van der Waals surface area (Å²) in [5.41, 5.74) is 6.55. The maximum absolute atomic E-state index is 12.3. The van der Waals surface area contributed by atoms with E-state index in [1.807, 2.05) is 18.7 Å². The number of nitrogens with one attached hydrogen (secondary N) is 1. The molecule has 1 aliphatic rings. The molecule has 16 heavy (non-hydrogen) atoms. The summed E-state index contributed by atoms with van der Waals surface area (Å²) in [6, 6.07) is 1.86. The second-order valence-electron chi connectivity index (χ2n) is 4.96. The van der Waals surface area contributed by atoms with Crippen molar-refractivity contribution in [1.29, 1.82) is 0 Å². The largest absolute Gasteiger partial charge is 0.367 e. The fourth-order valence-electron chi connectivity index (χ4n) is 2.29. The van der Waals surface area contributed by atoms with Gasteiger partial charge in [-0.15, -0.1) is 0 Å². The first-order chi connectivity index (χ1) is 7.53. The Labute approximate surface area is 95.8 Å². The monoisotopic (exact) mass is 221 g/mol. The second kappa shape index (κ2) is 3.94. The normalized spacial score (nSPS) is 24.4. The van der Waals surface area contributed by atoms with E-state index in [0.29, 0.717) is 5.56 Å². The summed E-state index contributed by atoms with van der Waals surface area (Å²) in [6.07, 6.45) is 5.48. The lowest BCUT2D eigenvalue weighted by atomic mass is 9.85. The van der Waals surface area contributed by atoms with Gasteiger partial charge in [0.2, 0.25) is 0 Å². The Morgan fingerprint density at radius 3 is 3.00 bits per heavy atom. The number of carbonyl (C=O) groups is 1. The van der Waals surface area contributed by atoms with Gasteiger partial charge in [-0.05, 0) is 32.8 Å². The van der Waals surface area contributed by atoms with Crippen LogP contribution in [0.15, 0.2) is 18.5 Å². The molecule has 4 heteroatoms. The van der Waals surface area contributed by atoms with Crippen molar-refractivity contribution < 1.29 is 4.79 Å². The summed E-state index contributed by atoms with van der Waals surface area (Å²) in [6.45, 7) is 4.88. The number of amides is 1. The van der Waals surface area contributed by atoms with Crippen LogP contribution in [0.4, 0.5) is 0 Å². The first-order valence-electron chi connectivity index (χ1n) is 5.74. The average molecular weight is 221 g/mol. The molecular formula is C12H19N3O. The number of H-pyrrole nitrogens is 1. The number of nitrogens with zero attached hydrogens (tertiary/aromatic N) is 1. The number of carbonyl (C=O) groups excluding carboxylic acids is 1. The first kappa shape index (κ1) is 11.2. The van der Waals surface area contributed by atoms with Gasteiger partial charge >= 0.3 is 0 Å². The van der Waals surface area contributed by atoms with Gasteiger partial charge in [0.1, 0.15) is 0 Å². The lowest BCUT2D eigenvalue weighted by Gasteiger charge is -2.46. The summed E-state index contributed by atoms with van der Waals surface area (Å²) < 4.78 is 0. The minimum atomic E-state index is -0.257. The van der Waals surface area contributed by atoms with E-state index in [1.54, 1.807) is 18.5 Å². The Bertz CT molecular complexity index is 370. The highest BCUT2D eigenvalue weighted by Crippen LogP contribution is 2.27. The van der Waals surface area contributed by atoms with E-state index < -0.39 is 0 Å². The van der Waals surface area contributed by atoms with Gasteiger partial charge in [0, 0.05) is 25.0 Å². The van der Waals surface area contributed by atoms with Gasteiger partial charge in [-0.2, -0.15) is 0 Å². The third-order valence-electron chi connectivity index (χ3n) is 3.59. The first-order valence-corrected chi connectivity index (χ1v) is 5.74. The molecule has 0 aliphatic carbocycles. The quantitative estimate of drug-likeness (QED) is 0.752. The molecule has 2 heterocycles. The van der Waals surface area contributed by atoms with Crippen LogP contribution in [0.2, 0.25) is 0 Å². The molecule has 1 aromatic heterocycles. The lowest BCUT2D eigenvalue weighted by molar-refractivity contribution is 0.0363. The maximum atomic E-state index is 12.3. The van der Waals surface area contributed by atoms with E-state index in [2.05, 4.69) is 4.98 Å². The molecule has 4 nitrogen and oxygen atoms in total. The van der Waals surface area contributed by atoms with Gasteiger partial charge in [-0.25, -0.2) is 0 Å². The number of aromatic amines is 1. The molecule has 1 aliphatic heterocycles. The van der Waals surface area contributed by atoms with Crippen LogP contribution in [-0.4, -0.2) is 33.9 Å². The summed E-state index contributed by atoms with van der Waals surface area (Å²) in [5, 5.41) is 0. The van der Waals surface area contributed by atoms with Crippen LogP contribution in [0.5, 0.6) is 0 Å². The molecule has 1 aromatic rings. The predicted octanol–water partition coefficient (Wildman–Crippen LogP) is 1.36. The van der Waals surface area contributed by atoms with Crippen molar-refractivity contribution in [2.45, 2.75) is 38.3 Å². The van der Waals surface area contributed by atoms with Crippen LogP contribution in [0.1, 0.15) is 37.0 Å². The van der Waals surface area contributed by atoms with Gasteiger partial charge in [-0.1, -0.05) is 0 Å². The summed E-state index contributed by atoms with van der Waals surface area (Å²) in [4.78, 5) is 17.1. The van der Waals surface area contributed by atoms with Crippen molar-refractivity contribution in [1.82, 2.24) is 9.88 Å². The highest BCUT2D eigenvalue weighted by atomic mass is 16.2. The van der Waals surface area contributed by atoms with E-state index in [-0.39, 0.29) is 17.5 Å². The van der Waals surface area contributed by atoms with Gasteiger partial charge in [0.25, 0.3) is 5.91 Å². The molecule has 1 saturated heterocycles. The Morgan fingerprint density at radius 2 is 2.38 bits per heavy atom. The number of piperidine rings is 1. The smallest absolute Gasteiger partial charge is 0.255 e. The third kappa shape index (κ3) is 1.73. The zero-order chi connectivity index (χ0) is 11.8. The number of hydrogen-bond donors (Lipinski definition) is 2. The zero-order valence-corrected chi connectivity index (χ0v) is 9.86. The minimum Gasteiger partial charge on any atom is -0.367 e. The van der Waals surface area contributed by atoms with Crippen LogP contribution in [0, 0.1) is 0 Å². The molecule has 0 aromatic carbocycles. The summed E-state index contributed by atoms with van der Waals surface area (Å²) in [5.74, 6) is 0.0707. The standard InChI is InChI=1S/C12H19N3O/c1-12(2)10(13)4-3-7-15(12)11(16)9-5-6-14-8-9/h5-6,8,10,14H,3-4,7,13H2,1-2H3. The van der Waals surface area contributed by atoms with Crippen molar-refractivity contribution in [3.8, 4) is 0 Å². The summed E-state index contributed by atoms with van der Waals surface area (Å²) in [7, 11) is 0. The molecule has 1 atom stereocenters. The molecule has 2 rings (SSSR count). The highest BCUT2D eigenvalue weighted by Gasteiger charge is 2.39. The van der Waals surface area contributed by atoms with E-state index in [0.717, 1.165) is 19.4 Å². The fourth-order valence-corrected chi connectivity index (χ4v) is 2.29. The van der Waals surface area contributed by atoms with Gasteiger partial charge in [0.15, 0.2) is 0 Å². The summed E-state index contributed by atoms with van der Waals surface area (Å²) >= 11 is 0. The van der Waals surface area contributed by atoms with Crippen LogP contribution >= 0.6 is 0 Å². The SMILES string of the molecule is CC1(C)C(N)CCCN1C(=O)c1cc[nH]c1. The maximum Gasteiger partial charge on any atom is 0.255 e. The van der Waals surface area contributed by atoms with Crippen molar-refractivity contribution >= 4 is 5.91 Å². The van der Waals surface area contributed by atoms with Crippen LogP contribution < -0.4 is 5.73 Å². The van der Waals surface area contributed by atoms with Crippen LogP contribution in [-0.2, 0) is 0 Å². The topological polar surface area (TPSA) is 62.1 Å². The Kier molecular flexibility index (Phi) is 2.76. The van der Waals surface area contributed by atoms with Gasteiger partial charge in [-0.3, -0.25) is 4.79 Å². The Balaban J connectivity index is 2.23.